The van der Waals surface area contributed by atoms with Gasteiger partial charge >= 0.3 is 0 Å². The molecule has 8 rings (SSSR count). The van der Waals surface area contributed by atoms with Crippen LogP contribution in [0.2, 0.25) is 5.02 Å². The second kappa shape index (κ2) is 13.6. The van der Waals surface area contributed by atoms with Crippen molar-refractivity contribution >= 4 is 23.4 Å². The van der Waals surface area contributed by atoms with Crippen LogP contribution in [0.5, 0.6) is 17.5 Å². The second-order valence-corrected chi connectivity index (χ2v) is 14.5. The molecule has 1 atom stereocenters. The lowest BCUT2D eigenvalue weighted by Crippen LogP contribution is -2.67. The predicted molar refractivity (Wildman–Crippen MR) is 196 cm³/mol. The van der Waals surface area contributed by atoms with Crippen LogP contribution in [0.25, 0.3) is 33.6 Å². The maximum Gasteiger partial charge on any atom is 0.237 e. The van der Waals surface area contributed by atoms with E-state index in [0.717, 1.165) is 77.4 Å². The minimum Gasteiger partial charge on any atom is -0.491 e. The highest BCUT2D eigenvalue weighted by Gasteiger charge is 2.51. The number of nitrogens with one attached hydrogen (secondary N) is 1. The van der Waals surface area contributed by atoms with E-state index in [1.165, 1.54) is 0 Å². The number of carbonyl (C=O) groups is 2. The number of pyridine rings is 1. The van der Waals surface area contributed by atoms with E-state index in [2.05, 4.69) is 28.1 Å². The number of likely N-dealkylation sites (tertiary alicyclic amines) is 1. The third-order valence-corrected chi connectivity index (χ3v) is 11.4. The average molecular weight is 724 g/mol. The van der Waals surface area contributed by atoms with E-state index < -0.39 is 0 Å². The SMILES string of the molecule is COc1nc(-c2cccc(-c3cccc(-c4cc5c(c(OC)n4)C(N4CC6(CCC(=O)N6)C4)CO5)c3Cl)c2C)cnc1CN1CCN(C(C)=O)CC1. The molecule has 13 heteroatoms. The van der Waals surface area contributed by atoms with Gasteiger partial charge < -0.3 is 24.4 Å². The Labute approximate surface area is 308 Å². The molecule has 2 aromatic heterocycles. The Hall–Kier alpha value is -4.78. The van der Waals surface area contributed by atoms with Crippen molar-refractivity contribution in [3.05, 3.63) is 70.5 Å². The number of halogens is 1. The minimum absolute atomic E-state index is 0.00100. The minimum atomic E-state index is -0.124. The van der Waals surface area contributed by atoms with Gasteiger partial charge in [0.15, 0.2) is 0 Å². The monoisotopic (exact) mass is 723 g/mol. The molecule has 1 spiro atoms. The zero-order chi connectivity index (χ0) is 36.1. The van der Waals surface area contributed by atoms with Crippen molar-refractivity contribution in [2.75, 3.05) is 60.1 Å². The maximum atomic E-state index is 11.9. The summed E-state index contributed by atoms with van der Waals surface area (Å²) in [6.45, 7) is 9.27. The van der Waals surface area contributed by atoms with E-state index >= 15 is 0 Å². The molecule has 6 heterocycles. The van der Waals surface area contributed by atoms with Crippen molar-refractivity contribution in [3.8, 4) is 51.2 Å². The smallest absolute Gasteiger partial charge is 0.237 e. The van der Waals surface area contributed by atoms with Crippen LogP contribution in [-0.4, -0.2) is 107 Å². The second-order valence-electron chi connectivity index (χ2n) is 14.1. The van der Waals surface area contributed by atoms with Gasteiger partial charge in [0.05, 0.1) is 54.0 Å². The molecule has 12 nitrogen and oxygen atoms in total. The molecule has 4 aliphatic heterocycles. The number of ether oxygens (including phenoxy) is 3. The van der Waals surface area contributed by atoms with E-state index in [4.69, 9.17) is 40.8 Å². The fourth-order valence-electron chi connectivity index (χ4n) is 8.11. The lowest BCUT2D eigenvalue weighted by atomic mass is 9.86. The van der Waals surface area contributed by atoms with Gasteiger partial charge in [0, 0.05) is 81.9 Å². The fraction of sp³-hybridized carbons (Fsp3) is 0.410. The highest BCUT2D eigenvalue weighted by Crippen LogP contribution is 2.48. The Morgan fingerprint density at radius 1 is 0.981 bits per heavy atom. The molecule has 0 aliphatic carbocycles. The van der Waals surface area contributed by atoms with Crippen LogP contribution in [0.15, 0.2) is 48.7 Å². The summed E-state index contributed by atoms with van der Waals surface area (Å²) in [5.41, 5.74) is 7.45. The fourth-order valence-corrected chi connectivity index (χ4v) is 8.43. The molecule has 0 saturated carbocycles. The van der Waals surface area contributed by atoms with E-state index in [9.17, 15) is 9.59 Å². The molecular formula is C39H42ClN7O5. The highest BCUT2D eigenvalue weighted by molar-refractivity contribution is 6.36. The van der Waals surface area contributed by atoms with Crippen molar-refractivity contribution in [1.82, 2.24) is 35.0 Å². The van der Waals surface area contributed by atoms with Gasteiger partial charge in [-0.1, -0.05) is 48.0 Å². The van der Waals surface area contributed by atoms with Gasteiger partial charge in [-0.15, -0.1) is 0 Å². The van der Waals surface area contributed by atoms with Gasteiger partial charge in [-0.05, 0) is 24.5 Å². The Kier molecular flexibility index (Phi) is 9.01. The molecule has 3 saturated heterocycles. The Morgan fingerprint density at radius 3 is 2.37 bits per heavy atom. The van der Waals surface area contributed by atoms with Gasteiger partial charge in [-0.3, -0.25) is 24.4 Å². The Balaban J connectivity index is 1.05. The third kappa shape index (κ3) is 6.12. The van der Waals surface area contributed by atoms with E-state index in [0.29, 0.717) is 60.8 Å². The molecule has 2 amide bonds. The van der Waals surface area contributed by atoms with Crippen LogP contribution in [0.3, 0.4) is 0 Å². The molecule has 4 aliphatic rings. The van der Waals surface area contributed by atoms with Crippen LogP contribution in [-0.2, 0) is 16.1 Å². The largest absolute Gasteiger partial charge is 0.491 e. The summed E-state index contributed by atoms with van der Waals surface area (Å²) in [5, 5.41) is 3.73. The first-order valence-corrected chi connectivity index (χ1v) is 18.1. The number of nitrogens with zero attached hydrogens (tertiary/aromatic N) is 6. The van der Waals surface area contributed by atoms with Crippen LogP contribution < -0.4 is 19.5 Å². The highest BCUT2D eigenvalue weighted by atomic mass is 35.5. The number of methoxy groups -OCH3 is 2. The van der Waals surface area contributed by atoms with Crippen LogP contribution in [0.1, 0.15) is 42.6 Å². The number of benzene rings is 2. The van der Waals surface area contributed by atoms with Crippen LogP contribution >= 0.6 is 11.6 Å². The molecule has 3 fully saturated rings. The van der Waals surface area contributed by atoms with E-state index in [-0.39, 0.29) is 23.4 Å². The average Bonchev–Trinajstić information content (AvgIpc) is 3.75. The van der Waals surface area contributed by atoms with E-state index in [1.54, 1.807) is 27.3 Å². The summed E-state index contributed by atoms with van der Waals surface area (Å²) in [5.74, 6) is 1.97. The quantitative estimate of drug-likeness (QED) is 0.268. The predicted octanol–water partition coefficient (Wildman–Crippen LogP) is 4.91. The molecule has 0 bridgehead atoms. The summed E-state index contributed by atoms with van der Waals surface area (Å²) in [4.78, 5) is 44.7. The number of carbonyl (C=O) groups excluding carboxylic acids is 2. The Bertz CT molecular complexity index is 2060. The summed E-state index contributed by atoms with van der Waals surface area (Å²) in [6.07, 6.45) is 3.25. The number of hydrogen-bond donors (Lipinski definition) is 1. The molecule has 4 aromatic rings. The molecular weight excluding hydrogens is 682 g/mol. The molecule has 270 valence electrons. The third-order valence-electron chi connectivity index (χ3n) is 11.0. The van der Waals surface area contributed by atoms with Crippen molar-refractivity contribution < 1.29 is 23.8 Å². The van der Waals surface area contributed by atoms with Gasteiger partial charge in [-0.2, -0.15) is 0 Å². The number of rotatable bonds is 8. The summed E-state index contributed by atoms with van der Waals surface area (Å²) >= 11 is 7.24. The van der Waals surface area contributed by atoms with Crippen molar-refractivity contribution in [3.63, 3.8) is 0 Å². The van der Waals surface area contributed by atoms with Crippen LogP contribution in [0, 0.1) is 6.92 Å². The van der Waals surface area contributed by atoms with Gasteiger partial charge in [0.2, 0.25) is 23.6 Å². The first-order chi connectivity index (χ1) is 25.2. The number of piperazine rings is 1. The van der Waals surface area contributed by atoms with Gasteiger partial charge in [-0.25, -0.2) is 9.97 Å². The lowest BCUT2D eigenvalue weighted by Gasteiger charge is -2.50. The van der Waals surface area contributed by atoms with Crippen molar-refractivity contribution in [1.29, 1.82) is 0 Å². The molecule has 1 unspecified atom stereocenters. The van der Waals surface area contributed by atoms with Gasteiger partial charge in [0.25, 0.3) is 0 Å². The molecule has 52 heavy (non-hydrogen) atoms. The normalized spacial score (nSPS) is 19.6. The summed E-state index contributed by atoms with van der Waals surface area (Å²) in [7, 11) is 3.24. The lowest BCUT2D eigenvalue weighted by molar-refractivity contribution is -0.130. The topological polar surface area (TPSA) is 122 Å². The van der Waals surface area contributed by atoms with Crippen molar-refractivity contribution in [2.45, 2.75) is 44.8 Å². The van der Waals surface area contributed by atoms with Crippen LogP contribution in [0.4, 0.5) is 0 Å². The molecule has 0 radical (unpaired) electrons. The number of fused-ring (bicyclic) bond motifs is 1. The number of aromatic nitrogens is 3. The van der Waals surface area contributed by atoms with E-state index in [1.807, 2.05) is 41.3 Å². The summed E-state index contributed by atoms with van der Waals surface area (Å²) < 4.78 is 17.8. The zero-order valence-electron chi connectivity index (χ0n) is 29.9. The Morgan fingerprint density at radius 2 is 1.67 bits per heavy atom. The first kappa shape index (κ1) is 34.3. The van der Waals surface area contributed by atoms with Gasteiger partial charge in [0.1, 0.15) is 18.1 Å². The number of amides is 2. The standard InChI is InChI=1S/C39H42ClN7O5/c1-23-25(7-5-8-26(23)30-18-41-31(37(43-30)50-3)19-45-13-15-46(16-14-45)24(2)48)27-9-6-10-28(36(27)40)29-17-33-35(38(42-29)51-4)32(20-52-33)47-21-39(22-47)12-11-34(49)44-39/h5-10,17-18,32H,11-16,19-22H2,1-4H3,(H,44,49). The molecule has 1 N–H and O–H groups in total. The maximum absolute atomic E-state index is 11.9. The number of hydrogen-bond acceptors (Lipinski definition) is 10. The first-order valence-electron chi connectivity index (χ1n) is 17.7. The van der Waals surface area contributed by atoms with Crippen molar-refractivity contribution in [2.24, 2.45) is 0 Å². The zero-order valence-corrected chi connectivity index (χ0v) is 30.6. The molecule has 2 aromatic carbocycles. The summed E-state index contributed by atoms with van der Waals surface area (Å²) in [6, 6.07) is 14.0.